The van der Waals surface area contributed by atoms with Crippen molar-refractivity contribution in [3.63, 3.8) is 0 Å². The quantitative estimate of drug-likeness (QED) is 0.331. The largest absolute Gasteiger partial charge is 0.482 e. The lowest BCUT2D eigenvalue weighted by atomic mass is 10.1. The summed E-state index contributed by atoms with van der Waals surface area (Å²) in [6, 6.07) is 24.5. The lowest BCUT2D eigenvalue weighted by Gasteiger charge is -2.17. The minimum atomic E-state index is -0.928. The number of rotatable bonds is 11. The van der Waals surface area contributed by atoms with Crippen molar-refractivity contribution in [2.45, 2.75) is 25.7 Å². The van der Waals surface area contributed by atoms with E-state index in [1.54, 1.807) is 24.3 Å². The summed E-state index contributed by atoms with van der Waals surface area (Å²) >= 11 is 0. The lowest BCUT2D eigenvalue weighted by Crippen LogP contribution is -2.43. The molecule has 0 aliphatic carbocycles. The molecule has 0 bridgehead atoms. The van der Waals surface area contributed by atoms with Crippen LogP contribution in [0.4, 0.5) is 4.79 Å². The van der Waals surface area contributed by atoms with E-state index in [0.29, 0.717) is 5.75 Å². The van der Waals surface area contributed by atoms with Gasteiger partial charge in [-0.05, 0) is 28.8 Å². The molecule has 0 fully saturated rings. The van der Waals surface area contributed by atoms with Crippen LogP contribution in [0, 0.1) is 0 Å². The summed E-state index contributed by atoms with van der Waals surface area (Å²) in [7, 11) is 1.25. The summed E-state index contributed by atoms with van der Waals surface area (Å²) in [6.45, 7) is 0.0316. The first-order valence-corrected chi connectivity index (χ1v) is 11.0. The molecule has 0 aliphatic heterocycles. The molecule has 1 amide bonds. The Bertz CT molecular complexity index is 1090. The Hall–Kier alpha value is -4.33. The second-order valence-electron chi connectivity index (χ2n) is 7.56. The van der Waals surface area contributed by atoms with Gasteiger partial charge in [0.2, 0.25) is 0 Å². The van der Waals surface area contributed by atoms with E-state index in [4.69, 9.17) is 18.9 Å². The number of alkyl carbamates (subject to hydrolysis) is 1. The number of carbonyl (C=O) groups is 3. The topological polar surface area (TPSA) is 100 Å². The molecular formula is C27H27NO7. The van der Waals surface area contributed by atoms with E-state index in [9.17, 15) is 14.4 Å². The third-order valence-electron chi connectivity index (χ3n) is 4.95. The number of carbonyl (C=O) groups excluding carboxylic acids is 3. The number of esters is 2. The molecule has 8 nitrogen and oxygen atoms in total. The Morgan fingerprint density at radius 2 is 1.31 bits per heavy atom. The monoisotopic (exact) mass is 477 g/mol. The predicted molar refractivity (Wildman–Crippen MR) is 127 cm³/mol. The van der Waals surface area contributed by atoms with Crippen molar-refractivity contribution in [2.75, 3.05) is 13.7 Å². The van der Waals surface area contributed by atoms with Crippen molar-refractivity contribution in [3.05, 3.63) is 102 Å². The van der Waals surface area contributed by atoms with Gasteiger partial charge in [-0.15, -0.1) is 0 Å². The fourth-order valence-electron chi connectivity index (χ4n) is 3.12. The fourth-order valence-corrected chi connectivity index (χ4v) is 3.12. The van der Waals surface area contributed by atoms with Crippen LogP contribution in [-0.4, -0.2) is 37.8 Å². The van der Waals surface area contributed by atoms with Gasteiger partial charge in [0, 0.05) is 6.42 Å². The second kappa shape index (κ2) is 13.4. The van der Waals surface area contributed by atoms with E-state index in [2.05, 4.69) is 5.32 Å². The van der Waals surface area contributed by atoms with Crippen molar-refractivity contribution in [1.82, 2.24) is 5.32 Å². The van der Waals surface area contributed by atoms with E-state index in [1.807, 2.05) is 60.7 Å². The highest BCUT2D eigenvalue weighted by atomic mass is 16.6. The van der Waals surface area contributed by atoms with Gasteiger partial charge >= 0.3 is 18.0 Å². The number of amides is 1. The highest BCUT2D eigenvalue weighted by Crippen LogP contribution is 2.14. The van der Waals surface area contributed by atoms with E-state index in [1.165, 1.54) is 7.11 Å². The summed E-state index contributed by atoms with van der Waals surface area (Å²) in [5.74, 6) is -0.611. The van der Waals surface area contributed by atoms with Crippen LogP contribution in [0.2, 0.25) is 0 Å². The van der Waals surface area contributed by atoms with E-state index in [0.717, 1.165) is 16.7 Å². The molecule has 0 aliphatic rings. The zero-order valence-corrected chi connectivity index (χ0v) is 19.3. The SMILES string of the molecule is COC(=O)[C@H](Cc1ccc(OCC(=O)OCc2ccccc2)cc1)NC(=O)OCc1ccccc1. The van der Waals surface area contributed by atoms with Crippen LogP contribution in [0.3, 0.4) is 0 Å². The average molecular weight is 478 g/mol. The molecule has 35 heavy (non-hydrogen) atoms. The molecule has 0 saturated carbocycles. The zero-order chi connectivity index (χ0) is 24.9. The molecule has 3 aromatic carbocycles. The van der Waals surface area contributed by atoms with Crippen LogP contribution in [-0.2, 0) is 43.4 Å². The Kier molecular flexibility index (Phi) is 9.68. The van der Waals surface area contributed by atoms with Gasteiger partial charge in [0.25, 0.3) is 0 Å². The average Bonchev–Trinajstić information content (AvgIpc) is 2.90. The van der Waals surface area contributed by atoms with Crippen LogP contribution < -0.4 is 10.1 Å². The molecule has 1 N–H and O–H groups in total. The van der Waals surface area contributed by atoms with Gasteiger partial charge in [0.1, 0.15) is 25.0 Å². The van der Waals surface area contributed by atoms with Crippen molar-refractivity contribution < 1.29 is 33.3 Å². The molecule has 8 heteroatoms. The van der Waals surface area contributed by atoms with Crippen LogP contribution in [0.25, 0.3) is 0 Å². The number of methoxy groups -OCH3 is 1. The maximum Gasteiger partial charge on any atom is 0.408 e. The van der Waals surface area contributed by atoms with Crippen LogP contribution in [0.1, 0.15) is 16.7 Å². The molecule has 0 unspecified atom stereocenters. The smallest absolute Gasteiger partial charge is 0.408 e. The predicted octanol–water partition coefficient (Wildman–Crippen LogP) is 3.82. The van der Waals surface area contributed by atoms with Gasteiger partial charge in [-0.25, -0.2) is 14.4 Å². The minimum Gasteiger partial charge on any atom is -0.482 e. The third-order valence-corrected chi connectivity index (χ3v) is 4.95. The van der Waals surface area contributed by atoms with Crippen molar-refractivity contribution in [2.24, 2.45) is 0 Å². The number of hydrogen-bond donors (Lipinski definition) is 1. The molecule has 3 aromatic rings. The number of ether oxygens (including phenoxy) is 4. The van der Waals surface area contributed by atoms with Crippen molar-refractivity contribution >= 4 is 18.0 Å². The Balaban J connectivity index is 1.46. The Morgan fingerprint density at radius 3 is 1.89 bits per heavy atom. The summed E-state index contributed by atoms with van der Waals surface area (Å²) in [5, 5.41) is 2.54. The molecular weight excluding hydrogens is 450 g/mol. The highest BCUT2D eigenvalue weighted by molar-refractivity contribution is 5.81. The lowest BCUT2D eigenvalue weighted by molar-refractivity contribution is -0.147. The van der Waals surface area contributed by atoms with E-state index >= 15 is 0 Å². The maximum atomic E-state index is 12.2. The van der Waals surface area contributed by atoms with Crippen LogP contribution in [0.15, 0.2) is 84.9 Å². The van der Waals surface area contributed by atoms with Gasteiger partial charge in [-0.1, -0.05) is 72.8 Å². The molecule has 3 rings (SSSR count). The van der Waals surface area contributed by atoms with Crippen LogP contribution >= 0.6 is 0 Å². The molecule has 0 aromatic heterocycles. The normalized spacial score (nSPS) is 11.1. The Labute approximate surface area is 203 Å². The van der Waals surface area contributed by atoms with Gasteiger partial charge in [0.15, 0.2) is 6.61 Å². The van der Waals surface area contributed by atoms with Gasteiger partial charge < -0.3 is 24.3 Å². The standard InChI is InChI=1S/C27H27NO7/c1-32-26(30)24(28-27(31)35-18-22-10-6-3-7-11-22)16-20-12-14-23(15-13-20)33-19-25(29)34-17-21-8-4-2-5-9-21/h2-15,24H,16-19H2,1H3,(H,28,31)/t24-/m0/s1. The summed E-state index contributed by atoms with van der Waals surface area (Å²) in [6.07, 6.45) is -0.537. The van der Waals surface area contributed by atoms with E-state index in [-0.39, 0.29) is 26.2 Å². The highest BCUT2D eigenvalue weighted by Gasteiger charge is 2.23. The van der Waals surface area contributed by atoms with E-state index < -0.39 is 24.1 Å². The van der Waals surface area contributed by atoms with Gasteiger partial charge in [-0.2, -0.15) is 0 Å². The summed E-state index contributed by atoms with van der Waals surface area (Å²) in [5.41, 5.74) is 2.47. The van der Waals surface area contributed by atoms with Gasteiger partial charge in [-0.3, -0.25) is 0 Å². The zero-order valence-electron chi connectivity index (χ0n) is 19.3. The first-order valence-electron chi connectivity index (χ1n) is 11.0. The molecule has 0 saturated heterocycles. The summed E-state index contributed by atoms with van der Waals surface area (Å²) < 4.78 is 20.6. The molecule has 0 heterocycles. The third kappa shape index (κ3) is 8.85. The van der Waals surface area contributed by atoms with Crippen LogP contribution in [0.5, 0.6) is 5.75 Å². The molecule has 0 spiro atoms. The first-order chi connectivity index (χ1) is 17.0. The maximum absolute atomic E-state index is 12.2. The Morgan fingerprint density at radius 1 is 0.743 bits per heavy atom. The van der Waals surface area contributed by atoms with Gasteiger partial charge in [0.05, 0.1) is 7.11 Å². The fraction of sp³-hybridized carbons (Fsp3) is 0.222. The molecule has 182 valence electrons. The number of nitrogens with one attached hydrogen (secondary N) is 1. The van der Waals surface area contributed by atoms with Crippen molar-refractivity contribution in [3.8, 4) is 5.75 Å². The molecule has 0 radical (unpaired) electrons. The number of hydrogen-bond acceptors (Lipinski definition) is 7. The second-order valence-corrected chi connectivity index (χ2v) is 7.56. The number of benzene rings is 3. The first kappa shape index (κ1) is 25.3. The minimum absolute atomic E-state index is 0.0837. The summed E-state index contributed by atoms with van der Waals surface area (Å²) in [4.78, 5) is 36.3. The van der Waals surface area contributed by atoms with Crippen molar-refractivity contribution in [1.29, 1.82) is 0 Å². The molecule has 1 atom stereocenters.